The minimum absolute atomic E-state index is 0.506. The van der Waals surface area contributed by atoms with Gasteiger partial charge in [-0.1, -0.05) is 48.5 Å². The van der Waals surface area contributed by atoms with E-state index >= 15 is 0 Å². The van der Waals surface area contributed by atoms with Crippen LogP contribution in [-0.2, 0) is 0 Å². The van der Waals surface area contributed by atoms with E-state index < -0.39 is 0 Å². The Kier molecular flexibility index (Phi) is 5.78. The monoisotopic (exact) mass is 198 g/mol. The van der Waals surface area contributed by atoms with Gasteiger partial charge in [-0.15, -0.1) is 0 Å². The lowest BCUT2D eigenvalue weighted by atomic mass is 9.81. The zero-order chi connectivity index (χ0) is 11.4. The largest absolute Gasteiger partial charge is 0.0628 e. The fourth-order valence-corrected chi connectivity index (χ4v) is 1.92. The minimum Gasteiger partial charge on any atom is -0.0628 e. The summed E-state index contributed by atoms with van der Waals surface area (Å²) in [6.07, 6.45) is 4.12. The van der Waals surface area contributed by atoms with Gasteiger partial charge in [0.15, 0.2) is 0 Å². The van der Waals surface area contributed by atoms with E-state index in [0.717, 1.165) is 17.8 Å². The second-order valence-corrected chi connectivity index (χ2v) is 6.68. The average Bonchev–Trinajstić information content (AvgIpc) is 1.97. The molecule has 0 saturated carbocycles. The lowest BCUT2D eigenvalue weighted by Crippen LogP contribution is -2.14. The lowest BCUT2D eigenvalue weighted by Gasteiger charge is -2.25. The summed E-state index contributed by atoms with van der Waals surface area (Å²) in [5.74, 6) is 2.62. The number of hydrogen-bond donors (Lipinski definition) is 0. The van der Waals surface area contributed by atoms with Crippen LogP contribution in [0.1, 0.15) is 67.7 Å². The molecule has 0 aromatic rings. The van der Waals surface area contributed by atoms with Crippen molar-refractivity contribution in [3.05, 3.63) is 0 Å². The summed E-state index contributed by atoms with van der Waals surface area (Å²) >= 11 is 0. The molecule has 2 unspecified atom stereocenters. The third-order valence-electron chi connectivity index (χ3n) is 3.16. The second-order valence-electron chi connectivity index (χ2n) is 6.68. The quantitative estimate of drug-likeness (QED) is 0.574. The van der Waals surface area contributed by atoms with E-state index in [4.69, 9.17) is 0 Å². The zero-order valence-corrected chi connectivity index (χ0v) is 11.4. The maximum atomic E-state index is 2.42. The van der Waals surface area contributed by atoms with Crippen LogP contribution in [0, 0.1) is 23.2 Å². The van der Waals surface area contributed by atoms with Crippen LogP contribution in [-0.4, -0.2) is 0 Å². The average molecular weight is 198 g/mol. The Hall–Kier alpha value is 0. The number of hydrogen-bond acceptors (Lipinski definition) is 0. The van der Waals surface area contributed by atoms with Crippen LogP contribution in [0.2, 0.25) is 0 Å². The third-order valence-corrected chi connectivity index (χ3v) is 3.16. The van der Waals surface area contributed by atoms with Gasteiger partial charge in [0.05, 0.1) is 0 Å². The van der Waals surface area contributed by atoms with Crippen LogP contribution in [0.25, 0.3) is 0 Å². The van der Waals surface area contributed by atoms with Gasteiger partial charge in [-0.2, -0.15) is 0 Å². The molecule has 2 atom stereocenters. The molecule has 0 aliphatic heterocycles. The summed E-state index contributed by atoms with van der Waals surface area (Å²) in [7, 11) is 0. The van der Waals surface area contributed by atoms with Gasteiger partial charge in [-0.3, -0.25) is 0 Å². The van der Waals surface area contributed by atoms with Crippen molar-refractivity contribution in [2.24, 2.45) is 23.2 Å². The van der Waals surface area contributed by atoms with Crippen LogP contribution in [0.3, 0.4) is 0 Å². The van der Waals surface area contributed by atoms with Crippen molar-refractivity contribution in [2.45, 2.75) is 67.7 Å². The third kappa shape index (κ3) is 7.41. The second kappa shape index (κ2) is 5.78. The predicted octanol–water partition coefficient (Wildman–Crippen LogP) is 5.13. The zero-order valence-electron chi connectivity index (χ0n) is 11.4. The molecular formula is C14H30. The predicted molar refractivity (Wildman–Crippen MR) is 66.5 cm³/mol. The molecule has 0 aliphatic carbocycles. The summed E-state index contributed by atoms with van der Waals surface area (Å²) in [6, 6.07) is 0. The van der Waals surface area contributed by atoms with Crippen molar-refractivity contribution >= 4 is 0 Å². The van der Waals surface area contributed by atoms with E-state index in [-0.39, 0.29) is 0 Å². The molecule has 86 valence electrons. The van der Waals surface area contributed by atoms with Crippen LogP contribution >= 0.6 is 0 Å². The lowest BCUT2D eigenvalue weighted by molar-refractivity contribution is 0.260. The molecule has 0 saturated heterocycles. The van der Waals surface area contributed by atoms with Gasteiger partial charge in [0.25, 0.3) is 0 Å². The van der Waals surface area contributed by atoms with Gasteiger partial charge in [0.1, 0.15) is 0 Å². The van der Waals surface area contributed by atoms with Crippen LogP contribution in [0.5, 0.6) is 0 Å². The van der Waals surface area contributed by atoms with E-state index in [2.05, 4.69) is 48.5 Å². The van der Waals surface area contributed by atoms with Gasteiger partial charge in [0.2, 0.25) is 0 Å². The summed E-state index contributed by atoms with van der Waals surface area (Å²) < 4.78 is 0. The molecule has 14 heavy (non-hydrogen) atoms. The molecule has 0 N–H and O–H groups in total. The summed E-state index contributed by atoms with van der Waals surface area (Å²) in [5, 5.41) is 0. The van der Waals surface area contributed by atoms with Crippen molar-refractivity contribution in [1.82, 2.24) is 0 Å². The first-order valence-corrected chi connectivity index (χ1v) is 6.22. The highest BCUT2D eigenvalue weighted by Gasteiger charge is 2.17. The van der Waals surface area contributed by atoms with Crippen molar-refractivity contribution in [3.8, 4) is 0 Å². The topological polar surface area (TPSA) is 0 Å². The first kappa shape index (κ1) is 14.0. The Balaban J connectivity index is 3.78. The van der Waals surface area contributed by atoms with Crippen LogP contribution in [0.4, 0.5) is 0 Å². The maximum Gasteiger partial charge on any atom is -0.0383 e. The summed E-state index contributed by atoms with van der Waals surface area (Å²) in [4.78, 5) is 0. The van der Waals surface area contributed by atoms with Gasteiger partial charge in [-0.25, -0.2) is 0 Å². The van der Waals surface area contributed by atoms with Crippen molar-refractivity contribution < 1.29 is 0 Å². The molecule has 0 bridgehead atoms. The highest BCUT2D eigenvalue weighted by molar-refractivity contribution is 4.68. The van der Waals surface area contributed by atoms with Crippen LogP contribution < -0.4 is 0 Å². The van der Waals surface area contributed by atoms with E-state index in [1.807, 2.05) is 0 Å². The summed E-state index contributed by atoms with van der Waals surface area (Å²) in [5.41, 5.74) is 0.506. The summed E-state index contributed by atoms with van der Waals surface area (Å²) in [6.45, 7) is 16.5. The molecule has 0 aromatic carbocycles. The molecule has 0 amide bonds. The van der Waals surface area contributed by atoms with Crippen molar-refractivity contribution in [2.75, 3.05) is 0 Å². The molecule has 0 spiro atoms. The Morgan fingerprint density at radius 1 is 0.857 bits per heavy atom. The molecule has 0 heteroatoms. The first-order chi connectivity index (χ1) is 6.22. The molecule has 0 rings (SSSR count). The fraction of sp³-hybridized carbons (Fsp3) is 1.00. The Morgan fingerprint density at radius 3 is 1.71 bits per heavy atom. The van der Waals surface area contributed by atoms with E-state index in [1.165, 1.54) is 19.3 Å². The first-order valence-electron chi connectivity index (χ1n) is 6.22. The number of rotatable bonds is 5. The normalized spacial score (nSPS) is 17.1. The fourth-order valence-electron chi connectivity index (χ4n) is 1.92. The van der Waals surface area contributed by atoms with E-state index in [0.29, 0.717) is 5.41 Å². The molecule has 0 heterocycles. The Labute approximate surface area is 91.5 Å². The van der Waals surface area contributed by atoms with Crippen LogP contribution in [0.15, 0.2) is 0 Å². The molecule has 0 aromatic heterocycles. The SMILES string of the molecule is CC(C)CC(C)C(C)CCC(C)(C)C. The van der Waals surface area contributed by atoms with Gasteiger partial charge >= 0.3 is 0 Å². The van der Waals surface area contributed by atoms with E-state index in [9.17, 15) is 0 Å². The Bertz CT molecular complexity index is 139. The molecule has 0 aliphatic rings. The van der Waals surface area contributed by atoms with Gasteiger partial charge in [0, 0.05) is 0 Å². The minimum atomic E-state index is 0.506. The van der Waals surface area contributed by atoms with E-state index in [1.54, 1.807) is 0 Å². The molecule has 0 radical (unpaired) electrons. The van der Waals surface area contributed by atoms with Crippen molar-refractivity contribution in [1.29, 1.82) is 0 Å². The maximum absolute atomic E-state index is 2.42. The standard InChI is InChI=1S/C14H30/c1-11(2)10-13(4)12(3)8-9-14(5,6)7/h11-13H,8-10H2,1-7H3. The Morgan fingerprint density at radius 2 is 1.36 bits per heavy atom. The molecule has 0 nitrogen and oxygen atoms in total. The smallest absolute Gasteiger partial charge is 0.0383 e. The van der Waals surface area contributed by atoms with Gasteiger partial charge in [-0.05, 0) is 42.4 Å². The highest BCUT2D eigenvalue weighted by atomic mass is 14.2. The molecular weight excluding hydrogens is 168 g/mol. The van der Waals surface area contributed by atoms with Gasteiger partial charge < -0.3 is 0 Å². The molecule has 0 fully saturated rings. The highest BCUT2D eigenvalue weighted by Crippen LogP contribution is 2.29. The van der Waals surface area contributed by atoms with Crippen molar-refractivity contribution in [3.63, 3.8) is 0 Å².